The second kappa shape index (κ2) is 6.19. The number of carboxylic acid groups (broad SMARTS) is 1. The number of aromatic carboxylic acids is 1. The van der Waals surface area contributed by atoms with Crippen LogP contribution in [0.15, 0.2) is 18.2 Å². The highest BCUT2D eigenvalue weighted by molar-refractivity contribution is 7.99. The summed E-state index contributed by atoms with van der Waals surface area (Å²) in [6, 6.07) is 5.23. The third-order valence-electron chi connectivity index (χ3n) is 3.62. The molecular weight excluding hydrogens is 260 g/mol. The fourth-order valence-corrected chi connectivity index (χ4v) is 3.55. The number of hydrogen-bond acceptors (Lipinski definition) is 4. The van der Waals surface area contributed by atoms with E-state index in [9.17, 15) is 9.90 Å². The van der Waals surface area contributed by atoms with Crippen molar-refractivity contribution in [1.29, 1.82) is 0 Å². The number of nitrogens with two attached hydrogens (primary N) is 1. The maximum atomic E-state index is 11.2. The molecule has 0 bridgehead atoms. The Labute approximate surface area is 117 Å². The van der Waals surface area contributed by atoms with Gasteiger partial charge in [-0.15, -0.1) is 0 Å². The zero-order valence-electron chi connectivity index (χ0n) is 11.1. The summed E-state index contributed by atoms with van der Waals surface area (Å²) in [5.74, 6) is -0.918. The van der Waals surface area contributed by atoms with Gasteiger partial charge in [0.1, 0.15) is 0 Å². The van der Waals surface area contributed by atoms with E-state index >= 15 is 0 Å². The number of nitrogens with one attached hydrogen (secondary N) is 1. The summed E-state index contributed by atoms with van der Waals surface area (Å²) in [6.45, 7) is 0. The van der Waals surface area contributed by atoms with Crippen LogP contribution in [0.4, 0.5) is 11.4 Å². The summed E-state index contributed by atoms with van der Waals surface area (Å²) < 4.78 is 0. The zero-order valence-corrected chi connectivity index (χ0v) is 11.9. The summed E-state index contributed by atoms with van der Waals surface area (Å²) in [7, 11) is 0. The molecule has 0 aliphatic heterocycles. The Hall–Kier alpha value is -1.36. The van der Waals surface area contributed by atoms with E-state index in [1.165, 1.54) is 19.3 Å². The van der Waals surface area contributed by atoms with Crippen LogP contribution in [0.2, 0.25) is 0 Å². The third kappa shape index (κ3) is 3.35. The predicted molar refractivity (Wildman–Crippen MR) is 81.0 cm³/mol. The quantitative estimate of drug-likeness (QED) is 0.739. The Morgan fingerprint density at radius 1 is 1.42 bits per heavy atom. The van der Waals surface area contributed by atoms with Crippen molar-refractivity contribution in [3.05, 3.63) is 23.8 Å². The van der Waals surface area contributed by atoms with Crippen LogP contribution in [0.1, 0.15) is 36.0 Å². The number of anilines is 2. The van der Waals surface area contributed by atoms with Gasteiger partial charge >= 0.3 is 5.97 Å². The number of benzene rings is 1. The van der Waals surface area contributed by atoms with E-state index in [0.29, 0.717) is 28.2 Å². The zero-order chi connectivity index (χ0) is 13.8. The SMILES string of the molecule is CSC1CCCCC1Nc1cc(N)ccc1C(=O)O. The number of rotatable bonds is 4. The van der Waals surface area contributed by atoms with Gasteiger partial charge in [-0.25, -0.2) is 4.79 Å². The Morgan fingerprint density at radius 2 is 2.16 bits per heavy atom. The molecule has 2 rings (SSSR count). The average molecular weight is 280 g/mol. The van der Waals surface area contributed by atoms with Gasteiger partial charge in [0.05, 0.1) is 11.3 Å². The van der Waals surface area contributed by atoms with Crippen molar-refractivity contribution < 1.29 is 9.90 Å². The standard InChI is InChI=1S/C14H20N2O2S/c1-19-13-5-3-2-4-11(13)16-12-8-9(15)6-7-10(12)14(17)18/h6-8,11,13,16H,2-5,15H2,1H3,(H,17,18). The molecule has 4 nitrogen and oxygen atoms in total. The van der Waals surface area contributed by atoms with Gasteiger partial charge in [-0.2, -0.15) is 11.8 Å². The number of thioether (sulfide) groups is 1. The highest BCUT2D eigenvalue weighted by Gasteiger charge is 2.25. The van der Waals surface area contributed by atoms with E-state index in [1.54, 1.807) is 18.2 Å². The molecule has 1 aromatic rings. The normalized spacial score (nSPS) is 23.0. The molecule has 104 valence electrons. The van der Waals surface area contributed by atoms with E-state index < -0.39 is 5.97 Å². The first-order valence-electron chi connectivity index (χ1n) is 6.54. The van der Waals surface area contributed by atoms with Gasteiger partial charge in [0, 0.05) is 17.0 Å². The minimum Gasteiger partial charge on any atom is -0.478 e. The van der Waals surface area contributed by atoms with Crippen molar-refractivity contribution in [3.63, 3.8) is 0 Å². The van der Waals surface area contributed by atoms with Crippen molar-refractivity contribution in [2.24, 2.45) is 0 Å². The molecule has 0 saturated heterocycles. The number of hydrogen-bond donors (Lipinski definition) is 3. The summed E-state index contributed by atoms with van der Waals surface area (Å²) in [5.41, 5.74) is 7.28. The van der Waals surface area contributed by atoms with Crippen LogP contribution in [0.3, 0.4) is 0 Å². The molecule has 19 heavy (non-hydrogen) atoms. The first-order chi connectivity index (χ1) is 9.11. The summed E-state index contributed by atoms with van der Waals surface area (Å²) in [4.78, 5) is 11.2. The van der Waals surface area contributed by atoms with Gasteiger partial charge in [0.2, 0.25) is 0 Å². The summed E-state index contributed by atoms with van der Waals surface area (Å²) >= 11 is 1.85. The van der Waals surface area contributed by atoms with E-state index in [4.69, 9.17) is 5.73 Å². The molecule has 0 radical (unpaired) electrons. The molecule has 1 saturated carbocycles. The minimum absolute atomic E-state index is 0.291. The average Bonchev–Trinajstić information content (AvgIpc) is 2.39. The van der Waals surface area contributed by atoms with E-state index in [2.05, 4.69) is 11.6 Å². The van der Waals surface area contributed by atoms with Gasteiger partial charge in [-0.05, 0) is 37.3 Å². The van der Waals surface area contributed by atoms with Crippen molar-refractivity contribution in [3.8, 4) is 0 Å². The molecule has 4 N–H and O–H groups in total. The molecule has 1 aliphatic rings. The lowest BCUT2D eigenvalue weighted by molar-refractivity contribution is 0.0698. The molecule has 0 aromatic heterocycles. The van der Waals surface area contributed by atoms with Crippen LogP contribution in [0, 0.1) is 0 Å². The van der Waals surface area contributed by atoms with Crippen LogP contribution in [-0.4, -0.2) is 28.6 Å². The molecule has 0 heterocycles. The van der Waals surface area contributed by atoms with Crippen LogP contribution in [-0.2, 0) is 0 Å². The summed E-state index contributed by atoms with van der Waals surface area (Å²) in [6.07, 6.45) is 6.83. The fraction of sp³-hybridized carbons (Fsp3) is 0.500. The topological polar surface area (TPSA) is 75.3 Å². The third-order valence-corrected chi connectivity index (χ3v) is 4.79. The molecular formula is C14H20N2O2S. The molecule has 1 aliphatic carbocycles. The Balaban J connectivity index is 2.21. The van der Waals surface area contributed by atoms with Gasteiger partial charge in [0.15, 0.2) is 0 Å². The second-order valence-electron chi connectivity index (χ2n) is 4.92. The number of nitrogen functional groups attached to an aromatic ring is 1. The van der Waals surface area contributed by atoms with Crippen LogP contribution >= 0.6 is 11.8 Å². The molecule has 2 atom stereocenters. The Kier molecular flexibility index (Phi) is 4.58. The molecule has 1 aromatic carbocycles. The maximum Gasteiger partial charge on any atom is 0.337 e. The number of carboxylic acids is 1. The Bertz CT molecular complexity index is 465. The molecule has 1 fully saturated rings. The highest BCUT2D eigenvalue weighted by atomic mass is 32.2. The lowest BCUT2D eigenvalue weighted by Crippen LogP contribution is -2.34. The lowest BCUT2D eigenvalue weighted by atomic mass is 9.94. The second-order valence-corrected chi connectivity index (χ2v) is 6.00. The molecule has 2 unspecified atom stereocenters. The predicted octanol–water partition coefficient (Wildman–Crippen LogP) is 3.05. The maximum absolute atomic E-state index is 11.2. The molecule has 0 amide bonds. The fourth-order valence-electron chi connectivity index (χ4n) is 2.61. The number of carbonyl (C=O) groups is 1. The van der Waals surface area contributed by atoms with E-state index in [1.807, 2.05) is 11.8 Å². The largest absolute Gasteiger partial charge is 0.478 e. The van der Waals surface area contributed by atoms with Crippen molar-refractivity contribution >= 4 is 29.1 Å². The van der Waals surface area contributed by atoms with Gasteiger partial charge in [0.25, 0.3) is 0 Å². The molecule has 5 heteroatoms. The van der Waals surface area contributed by atoms with Crippen LogP contribution < -0.4 is 11.1 Å². The van der Waals surface area contributed by atoms with Crippen molar-refractivity contribution in [2.75, 3.05) is 17.3 Å². The van der Waals surface area contributed by atoms with Crippen LogP contribution in [0.5, 0.6) is 0 Å². The summed E-state index contributed by atoms with van der Waals surface area (Å²) in [5, 5.41) is 13.2. The smallest absolute Gasteiger partial charge is 0.337 e. The first-order valence-corrected chi connectivity index (χ1v) is 7.82. The monoisotopic (exact) mass is 280 g/mol. The van der Waals surface area contributed by atoms with Gasteiger partial charge in [-0.1, -0.05) is 12.8 Å². The van der Waals surface area contributed by atoms with E-state index in [0.717, 1.165) is 6.42 Å². The van der Waals surface area contributed by atoms with Gasteiger partial charge < -0.3 is 16.2 Å². The Morgan fingerprint density at radius 3 is 2.84 bits per heavy atom. The van der Waals surface area contributed by atoms with Crippen molar-refractivity contribution in [2.45, 2.75) is 37.0 Å². The first kappa shape index (κ1) is 14.1. The van der Waals surface area contributed by atoms with E-state index in [-0.39, 0.29) is 0 Å². The minimum atomic E-state index is -0.918. The highest BCUT2D eigenvalue weighted by Crippen LogP contribution is 2.31. The van der Waals surface area contributed by atoms with Gasteiger partial charge in [-0.3, -0.25) is 0 Å². The van der Waals surface area contributed by atoms with Crippen LogP contribution in [0.25, 0.3) is 0 Å². The lowest BCUT2D eigenvalue weighted by Gasteiger charge is -2.32. The van der Waals surface area contributed by atoms with Crippen molar-refractivity contribution in [1.82, 2.24) is 0 Å². The molecule has 0 spiro atoms.